The van der Waals surface area contributed by atoms with Crippen LogP contribution < -0.4 is 10.6 Å². The van der Waals surface area contributed by atoms with E-state index in [1.165, 1.54) is 24.0 Å². The van der Waals surface area contributed by atoms with Crippen LogP contribution in [0.15, 0.2) is 48.7 Å². The average molecular weight is 424 g/mol. The minimum absolute atomic E-state index is 0. The minimum atomic E-state index is -0.0839. The Kier molecular flexibility index (Phi) is 11.1. The van der Waals surface area contributed by atoms with Gasteiger partial charge in [-0.05, 0) is 69.3 Å². The number of nitrogens with one attached hydrogen (secondary N) is 2. The first-order chi connectivity index (χ1) is 12.7. The van der Waals surface area contributed by atoms with Gasteiger partial charge in [0.25, 0.3) is 0 Å². The van der Waals surface area contributed by atoms with E-state index in [0.717, 1.165) is 31.6 Å². The summed E-state index contributed by atoms with van der Waals surface area (Å²) in [5.74, 6) is 0.804. The smallest absolute Gasteiger partial charge is 0.220 e. The van der Waals surface area contributed by atoms with Crippen molar-refractivity contribution in [3.8, 4) is 0 Å². The van der Waals surface area contributed by atoms with E-state index >= 15 is 0 Å². The molecule has 1 aliphatic rings. The molecule has 0 radical (unpaired) electrons. The number of aromatic nitrogens is 1. The molecule has 3 rings (SSSR count). The first-order valence-electron chi connectivity index (χ1n) is 9.67. The Bertz CT molecular complexity index is 689. The number of carbonyl (C=O) groups is 1. The first-order valence-corrected chi connectivity index (χ1v) is 9.67. The second-order valence-corrected chi connectivity index (χ2v) is 7.30. The molecule has 1 saturated heterocycles. The molecule has 154 valence electrons. The number of halogens is 2. The van der Waals surface area contributed by atoms with Crippen molar-refractivity contribution >= 4 is 30.7 Å². The van der Waals surface area contributed by atoms with Crippen molar-refractivity contribution < 1.29 is 4.79 Å². The zero-order chi connectivity index (χ0) is 18.2. The summed E-state index contributed by atoms with van der Waals surface area (Å²) in [4.78, 5) is 17.0. The molecule has 0 spiro atoms. The van der Waals surface area contributed by atoms with E-state index < -0.39 is 0 Å². The maximum absolute atomic E-state index is 12.6. The second kappa shape index (κ2) is 12.8. The maximum atomic E-state index is 12.6. The van der Waals surface area contributed by atoms with Gasteiger partial charge in [0, 0.05) is 12.6 Å². The Morgan fingerprint density at radius 1 is 1.14 bits per heavy atom. The third kappa shape index (κ3) is 7.78. The molecule has 1 amide bonds. The SMILES string of the molecule is Cc1ccc(CC(NC(=O)CCC2CCNCC2)c2ccccn2)cc1.Cl.Cl. The van der Waals surface area contributed by atoms with Crippen molar-refractivity contribution in [1.82, 2.24) is 15.6 Å². The summed E-state index contributed by atoms with van der Waals surface area (Å²) in [7, 11) is 0. The number of hydrogen-bond donors (Lipinski definition) is 2. The molecule has 1 aromatic carbocycles. The van der Waals surface area contributed by atoms with Crippen LogP contribution in [0.2, 0.25) is 0 Å². The van der Waals surface area contributed by atoms with E-state index in [4.69, 9.17) is 0 Å². The number of rotatable bonds is 7. The number of hydrogen-bond acceptors (Lipinski definition) is 3. The van der Waals surface area contributed by atoms with Gasteiger partial charge in [0.2, 0.25) is 5.91 Å². The molecule has 1 fully saturated rings. The maximum Gasteiger partial charge on any atom is 0.220 e. The van der Waals surface area contributed by atoms with Gasteiger partial charge in [-0.3, -0.25) is 9.78 Å². The Morgan fingerprint density at radius 2 is 1.86 bits per heavy atom. The van der Waals surface area contributed by atoms with Crippen molar-refractivity contribution in [3.05, 3.63) is 65.5 Å². The number of amides is 1. The van der Waals surface area contributed by atoms with Gasteiger partial charge < -0.3 is 10.6 Å². The van der Waals surface area contributed by atoms with Gasteiger partial charge in [0.15, 0.2) is 0 Å². The normalized spacial score (nSPS) is 15.0. The molecule has 0 saturated carbocycles. The molecular weight excluding hydrogens is 393 g/mol. The van der Waals surface area contributed by atoms with Gasteiger partial charge in [-0.25, -0.2) is 0 Å². The lowest BCUT2D eigenvalue weighted by atomic mass is 9.93. The van der Waals surface area contributed by atoms with Gasteiger partial charge in [-0.15, -0.1) is 24.8 Å². The third-order valence-corrected chi connectivity index (χ3v) is 5.18. The largest absolute Gasteiger partial charge is 0.347 e. The zero-order valence-corrected chi connectivity index (χ0v) is 18.0. The number of aryl methyl sites for hydroxylation is 1. The Labute approximate surface area is 180 Å². The van der Waals surface area contributed by atoms with Gasteiger partial charge in [0.1, 0.15) is 0 Å². The predicted octanol–water partition coefficient (Wildman–Crippen LogP) is 4.41. The quantitative estimate of drug-likeness (QED) is 0.692. The molecule has 1 aromatic heterocycles. The summed E-state index contributed by atoms with van der Waals surface area (Å²) < 4.78 is 0. The van der Waals surface area contributed by atoms with Crippen LogP contribution in [0.1, 0.15) is 48.5 Å². The van der Waals surface area contributed by atoms with Crippen molar-refractivity contribution in [2.75, 3.05) is 13.1 Å². The van der Waals surface area contributed by atoms with E-state index in [9.17, 15) is 4.79 Å². The molecule has 2 aromatic rings. The van der Waals surface area contributed by atoms with Crippen molar-refractivity contribution in [2.24, 2.45) is 5.92 Å². The zero-order valence-electron chi connectivity index (χ0n) is 16.4. The lowest BCUT2D eigenvalue weighted by molar-refractivity contribution is -0.122. The fourth-order valence-corrected chi connectivity index (χ4v) is 3.54. The molecule has 4 nitrogen and oxygen atoms in total. The van der Waals surface area contributed by atoms with Gasteiger partial charge >= 0.3 is 0 Å². The molecule has 1 atom stereocenters. The fraction of sp³-hybridized carbons (Fsp3) is 0.455. The van der Waals surface area contributed by atoms with E-state index in [0.29, 0.717) is 12.3 Å². The number of piperidine rings is 1. The van der Waals surface area contributed by atoms with Crippen LogP contribution in [0.5, 0.6) is 0 Å². The summed E-state index contributed by atoms with van der Waals surface area (Å²) in [6.07, 6.45) is 6.49. The number of benzene rings is 1. The van der Waals surface area contributed by atoms with Crippen molar-refractivity contribution in [2.45, 2.75) is 45.1 Å². The van der Waals surface area contributed by atoms with Gasteiger partial charge in [0.05, 0.1) is 11.7 Å². The highest BCUT2D eigenvalue weighted by atomic mass is 35.5. The highest BCUT2D eigenvalue weighted by Gasteiger charge is 2.19. The number of pyridine rings is 1. The number of nitrogens with zero attached hydrogens (tertiary/aromatic N) is 1. The molecule has 0 aliphatic carbocycles. The summed E-state index contributed by atoms with van der Waals surface area (Å²) in [6.45, 7) is 4.25. The van der Waals surface area contributed by atoms with Crippen LogP contribution in [0.25, 0.3) is 0 Å². The Balaban J connectivity index is 0.00000196. The minimum Gasteiger partial charge on any atom is -0.347 e. The standard InChI is InChI=1S/C22H29N3O.2ClH/c1-17-5-7-19(8-6-17)16-21(20-4-2-3-13-24-20)25-22(26)10-9-18-11-14-23-15-12-18;;/h2-8,13,18,21,23H,9-12,14-16H2,1H3,(H,25,26);2*1H. The topological polar surface area (TPSA) is 54.0 Å². The Morgan fingerprint density at radius 3 is 2.50 bits per heavy atom. The highest BCUT2D eigenvalue weighted by Crippen LogP contribution is 2.20. The van der Waals surface area contributed by atoms with Crippen molar-refractivity contribution in [1.29, 1.82) is 0 Å². The summed E-state index contributed by atoms with van der Waals surface area (Å²) in [5, 5.41) is 6.60. The van der Waals surface area contributed by atoms with Crippen LogP contribution in [-0.4, -0.2) is 24.0 Å². The molecule has 0 bridgehead atoms. The van der Waals surface area contributed by atoms with E-state index in [1.54, 1.807) is 6.20 Å². The van der Waals surface area contributed by atoms with Gasteiger partial charge in [-0.1, -0.05) is 35.9 Å². The van der Waals surface area contributed by atoms with Gasteiger partial charge in [-0.2, -0.15) is 0 Å². The fourth-order valence-electron chi connectivity index (χ4n) is 3.54. The molecule has 6 heteroatoms. The molecule has 28 heavy (non-hydrogen) atoms. The van der Waals surface area contributed by atoms with Crippen LogP contribution in [0.4, 0.5) is 0 Å². The molecule has 2 N–H and O–H groups in total. The average Bonchev–Trinajstić information content (AvgIpc) is 2.69. The summed E-state index contributed by atoms with van der Waals surface area (Å²) in [5.41, 5.74) is 3.38. The number of carbonyl (C=O) groups excluding carboxylic acids is 1. The lowest BCUT2D eigenvalue weighted by Gasteiger charge is -2.23. The van der Waals surface area contributed by atoms with Crippen LogP contribution in [0.3, 0.4) is 0 Å². The van der Waals surface area contributed by atoms with Crippen molar-refractivity contribution in [3.63, 3.8) is 0 Å². The lowest BCUT2D eigenvalue weighted by Crippen LogP contribution is -2.32. The molecule has 1 aliphatic heterocycles. The molecular formula is C22H31Cl2N3O. The summed E-state index contributed by atoms with van der Waals surface area (Å²) in [6, 6.07) is 14.3. The summed E-state index contributed by atoms with van der Waals surface area (Å²) >= 11 is 0. The highest BCUT2D eigenvalue weighted by molar-refractivity contribution is 5.85. The van der Waals surface area contributed by atoms with E-state index in [-0.39, 0.29) is 36.8 Å². The van der Waals surface area contributed by atoms with E-state index in [2.05, 4.69) is 46.8 Å². The Hall–Kier alpha value is -1.62. The second-order valence-electron chi connectivity index (χ2n) is 7.30. The monoisotopic (exact) mass is 423 g/mol. The molecule has 1 unspecified atom stereocenters. The predicted molar refractivity (Wildman–Crippen MR) is 119 cm³/mol. The van der Waals surface area contributed by atoms with E-state index in [1.807, 2.05) is 18.2 Å². The van der Waals surface area contributed by atoms with Crippen LogP contribution in [0, 0.1) is 12.8 Å². The third-order valence-electron chi connectivity index (χ3n) is 5.18. The first kappa shape index (κ1) is 24.4. The molecule has 2 heterocycles. The van der Waals surface area contributed by atoms with Crippen LogP contribution in [-0.2, 0) is 11.2 Å². The van der Waals surface area contributed by atoms with Crippen LogP contribution >= 0.6 is 24.8 Å².